The first-order valence-electron chi connectivity index (χ1n) is 5.63. The molecule has 1 aliphatic rings. The molecular formula is C11H13ClN2O4S2. The van der Waals surface area contributed by atoms with Crippen LogP contribution in [-0.2, 0) is 14.8 Å². The fourth-order valence-electron chi connectivity index (χ4n) is 1.89. The Kier molecular flexibility index (Phi) is 4.19. The molecule has 1 aliphatic heterocycles. The zero-order valence-corrected chi connectivity index (χ0v) is 12.9. The van der Waals surface area contributed by atoms with Gasteiger partial charge in [0.25, 0.3) is 0 Å². The van der Waals surface area contributed by atoms with E-state index in [9.17, 15) is 13.2 Å². The van der Waals surface area contributed by atoms with Crippen molar-refractivity contribution in [3.63, 3.8) is 0 Å². The molecule has 0 spiro atoms. The van der Waals surface area contributed by atoms with Crippen LogP contribution in [0.2, 0.25) is 5.02 Å². The Morgan fingerprint density at radius 1 is 1.55 bits per heavy atom. The number of rotatable bonds is 3. The van der Waals surface area contributed by atoms with Gasteiger partial charge in [-0.2, -0.15) is 4.31 Å². The highest BCUT2D eigenvalue weighted by atomic mass is 35.5. The van der Waals surface area contributed by atoms with Crippen molar-refractivity contribution in [2.75, 3.05) is 17.4 Å². The van der Waals surface area contributed by atoms with E-state index in [1.54, 1.807) is 6.92 Å². The summed E-state index contributed by atoms with van der Waals surface area (Å²) in [6, 6.07) is 1.65. The monoisotopic (exact) mass is 336 g/mol. The lowest BCUT2D eigenvalue weighted by atomic mass is 10.2. The SMILES string of the molecule is Cc1cc(N)c(S(=O)(=O)N2CSC[C@H]2C(=O)O)cc1Cl. The van der Waals surface area contributed by atoms with Crippen LogP contribution >= 0.6 is 23.4 Å². The number of halogens is 1. The van der Waals surface area contributed by atoms with Crippen molar-refractivity contribution in [1.29, 1.82) is 0 Å². The molecule has 0 aliphatic carbocycles. The van der Waals surface area contributed by atoms with E-state index in [2.05, 4.69) is 0 Å². The fourth-order valence-corrected chi connectivity index (χ4v) is 5.38. The molecule has 110 valence electrons. The van der Waals surface area contributed by atoms with Crippen molar-refractivity contribution >= 4 is 45.0 Å². The third-order valence-corrected chi connectivity index (χ3v) is 6.50. The second kappa shape index (κ2) is 5.44. The van der Waals surface area contributed by atoms with E-state index < -0.39 is 22.0 Å². The molecule has 2 rings (SSSR count). The second-order valence-corrected chi connectivity index (χ2v) is 7.65. The Balaban J connectivity index is 2.50. The first kappa shape index (κ1) is 15.4. The van der Waals surface area contributed by atoms with Crippen LogP contribution < -0.4 is 5.73 Å². The standard InChI is InChI=1S/C11H13ClN2O4S2/c1-6-2-8(13)10(3-7(6)12)20(17,18)14-5-19-4-9(14)11(15)16/h2-3,9H,4-5,13H2,1H3,(H,15,16)/t9-/m0/s1. The Morgan fingerprint density at radius 3 is 2.80 bits per heavy atom. The van der Waals surface area contributed by atoms with Gasteiger partial charge in [-0.25, -0.2) is 8.42 Å². The largest absolute Gasteiger partial charge is 0.480 e. The number of hydrogen-bond acceptors (Lipinski definition) is 5. The van der Waals surface area contributed by atoms with Crippen LogP contribution in [0.4, 0.5) is 5.69 Å². The molecule has 0 radical (unpaired) electrons. The molecule has 1 fully saturated rings. The minimum Gasteiger partial charge on any atom is -0.480 e. The summed E-state index contributed by atoms with van der Waals surface area (Å²) in [4.78, 5) is 11.0. The van der Waals surface area contributed by atoms with E-state index >= 15 is 0 Å². The van der Waals surface area contributed by atoms with Gasteiger partial charge in [0.1, 0.15) is 10.9 Å². The quantitative estimate of drug-likeness (QED) is 0.809. The number of carboxylic acid groups (broad SMARTS) is 1. The molecule has 1 saturated heterocycles. The van der Waals surface area contributed by atoms with E-state index in [1.165, 1.54) is 23.9 Å². The third kappa shape index (κ3) is 2.60. The molecule has 1 aromatic carbocycles. The van der Waals surface area contributed by atoms with Crippen LogP contribution in [0.1, 0.15) is 5.56 Å². The molecule has 3 N–H and O–H groups in total. The molecule has 6 nitrogen and oxygen atoms in total. The molecule has 0 amide bonds. The van der Waals surface area contributed by atoms with Crippen molar-refractivity contribution in [3.05, 3.63) is 22.7 Å². The average Bonchev–Trinajstić information content (AvgIpc) is 2.83. The number of carboxylic acids is 1. The van der Waals surface area contributed by atoms with E-state index in [0.717, 1.165) is 4.31 Å². The predicted octanol–water partition coefficient (Wildman–Crippen LogP) is 1.38. The normalized spacial score (nSPS) is 20.2. The van der Waals surface area contributed by atoms with Crippen LogP contribution in [0, 0.1) is 6.92 Å². The zero-order valence-electron chi connectivity index (χ0n) is 10.5. The minimum atomic E-state index is -3.98. The lowest BCUT2D eigenvalue weighted by Crippen LogP contribution is -2.41. The maximum Gasteiger partial charge on any atom is 0.322 e. The van der Waals surface area contributed by atoms with Gasteiger partial charge in [0, 0.05) is 10.8 Å². The van der Waals surface area contributed by atoms with Crippen LogP contribution in [0.5, 0.6) is 0 Å². The summed E-state index contributed by atoms with van der Waals surface area (Å²) in [5.74, 6) is -0.867. The first-order valence-corrected chi connectivity index (χ1v) is 8.60. The zero-order chi connectivity index (χ0) is 15.1. The molecular weight excluding hydrogens is 324 g/mol. The number of nitrogen functional groups attached to an aromatic ring is 1. The van der Waals surface area contributed by atoms with E-state index in [0.29, 0.717) is 5.56 Å². The number of aryl methyl sites for hydroxylation is 1. The van der Waals surface area contributed by atoms with Gasteiger partial charge in [-0.05, 0) is 24.6 Å². The number of thioether (sulfide) groups is 1. The molecule has 1 aromatic rings. The van der Waals surface area contributed by atoms with Crippen molar-refractivity contribution < 1.29 is 18.3 Å². The van der Waals surface area contributed by atoms with E-state index in [-0.39, 0.29) is 27.2 Å². The van der Waals surface area contributed by atoms with Crippen molar-refractivity contribution in [2.24, 2.45) is 0 Å². The Labute approximate surface area is 125 Å². The molecule has 1 heterocycles. The Bertz CT molecular complexity index is 663. The minimum absolute atomic E-state index is 0.0629. The maximum atomic E-state index is 12.5. The average molecular weight is 337 g/mol. The van der Waals surface area contributed by atoms with Gasteiger partial charge in [0.2, 0.25) is 10.0 Å². The van der Waals surface area contributed by atoms with Gasteiger partial charge >= 0.3 is 5.97 Å². The fraction of sp³-hybridized carbons (Fsp3) is 0.364. The number of anilines is 1. The lowest BCUT2D eigenvalue weighted by molar-refractivity contribution is -0.140. The topological polar surface area (TPSA) is 101 Å². The molecule has 20 heavy (non-hydrogen) atoms. The highest BCUT2D eigenvalue weighted by molar-refractivity contribution is 8.00. The van der Waals surface area contributed by atoms with Crippen LogP contribution in [0.25, 0.3) is 0 Å². The molecule has 1 atom stereocenters. The number of aliphatic carboxylic acids is 1. The van der Waals surface area contributed by atoms with E-state index in [1.807, 2.05) is 0 Å². The van der Waals surface area contributed by atoms with Gasteiger partial charge in [-0.15, -0.1) is 11.8 Å². The van der Waals surface area contributed by atoms with Gasteiger partial charge in [-0.1, -0.05) is 11.6 Å². The van der Waals surface area contributed by atoms with E-state index in [4.69, 9.17) is 22.4 Å². The highest BCUT2D eigenvalue weighted by Gasteiger charge is 2.40. The summed E-state index contributed by atoms with van der Waals surface area (Å²) in [6.07, 6.45) is 0. The maximum absolute atomic E-state index is 12.5. The predicted molar refractivity (Wildman–Crippen MR) is 78.4 cm³/mol. The van der Waals surface area contributed by atoms with Crippen molar-refractivity contribution in [2.45, 2.75) is 17.9 Å². The molecule has 0 unspecified atom stereocenters. The van der Waals surface area contributed by atoms with Crippen molar-refractivity contribution in [1.82, 2.24) is 4.31 Å². The molecule has 9 heteroatoms. The summed E-state index contributed by atoms with van der Waals surface area (Å²) in [6.45, 7) is 1.71. The van der Waals surface area contributed by atoms with Gasteiger partial charge in [0.15, 0.2) is 0 Å². The summed E-state index contributed by atoms with van der Waals surface area (Å²) in [7, 11) is -3.98. The third-order valence-electron chi connectivity index (χ3n) is 3.00. The number of nitrogens with zero attached hydrogens (tertiary/aromatic N) is 1. The number of sulfonamides is 1. The summed E-state index contributed by atoms with van der Waals surface area (Å²) in [5.41, 5.74) is 6.47. The Morgan fingerprint density at radius 2 is 2.20 bits per heavy atom. The highest BCUT2D eigenvalue weighted by Crippen LogP contribution is 2.33. The molecule has 0 aromatic heterocycles. The Hall–Kier alpha value is -0.960. The molecule has 0 saturated carbocycles. The number of carbonyl (C=O) groups is 1. The number of benzene rings is 1. The van der Waals surface area contributed by atoms with Gasteiger partial charge in [0.05, 0.1) is 11.6 Å². The van der Waals surface area contributed by atoms with Crippen molar-refractivity contribution in [3.8, 4) is 0 Å². The van der Waals surface area contributed by atoms with Gasteiger partial charge in [-0.3, -0.25) is 4.79 Å². The first-order chi connectivity index (χ1) is 9.25. The van der Waals surface area contributed by atoms with Crippen LogP contribution in [0.15, 0.2) is 17.0 Å². The summed E-state index contributed by atoms with van der Waals surface area (Å²) < 4.78 is 26.0. The molecule has 0 bridgehead atoms. The lowest BCUT2D eigenvalue weighted by Gasteiger charge is -2.21. The smallest absolute Gasteiger partial charge is 0.322 e. The summed E-state index contributed by atoms with van der Waals surface area (Å²) in [5, 5.41) is 9.36. The van der Waals surface area contributed by atoms with Crippen LogP contribution in [-0.4, -0.2) is 41.5 Å². The van der Waals surface area contributed by atoms with Gasteiger partial charge < -0.3 is 10.8 Å². The van der Waals surface area contributed by atoms with Crippen LogP contribution in [0.3, 0.4) is 0 Å². The number of hydrogen-bond donors (Lipinski definition) is 2. The number of nitrogens with two attached hydrogens (primary N) is 1. The second-order valence-electron chi connectivity index (χ2n) is 4.39. The summed E-state index contributed by atoms with van der Waals surface area (Å²) >= 11 is 7.18.